The predicted octanol–water partition coefficient (Wildman–Crippen LogP) is 4.66. The summed E-state index contributed by atoms with van der Waals surface area (Å²) < 4.78 is 7.67. The summed E-state index contributed by atoms with van der Waals surface area (Å²) in [7, 11) is 0. The first-order chi connectivity index (χ1) is 16.2. The Kier molecular flexibility index (Phi) is 9.95. The molecule has 0 saturated carbocycles. The van der Waals surface area contributed by atoms with Gasteiger partial charge in [0.15, 0.2) is 5.96 Å². The second kappa shape index (κ2) is 12.9. The SMILES string of the molecule is CCNC(=NCc1ccccc1Cn1cccn1)NCC1(c2ccccc2C)CCOCC1.I. The lowest BCUT2D eigenvalue weighted by Gasteiger charge is -2.39. The summed E-state index contributed by atoms with van der Waals surface area (Å²) >= 11 is 0. The van der Waals surface area contributed by atoms with Crippen molar-refractivity contribution in [3.8, 4) is 0 Å². The van der Waals surface area contributed by atoms with Crippen LogP contribution in [0.4, 0.5) is 0 Å². The highest BCUT2D eigenvalue weighted by Crippen LogP contribution is 2.36. The monoisotopic (exact) mass is 573 g/mol. The topological polar surface area (TPSA) is 63.5 Å². The van der Waals surface area contributed by atoms with Crippen molar-refractivity contribution in [3.05, 3.63) is 89.2 Å². The van der Waals surface area contributed by atoms with E-state index in [1.54, 1.807) is 0 Å². The molecular formula is C27H36IN5O. The molecule has 1 aliphatic heterocycles. The zero-order valence-corrected chi connectivity index (χ0v) is 22.5. The Hall–Kier alpha value is -2.39. The van der Waals surface area contributed by atoms with Gasteiger partial charge in [-0.05, 0) is 55.0 Å². The molecular weight excluding hydrogens is 537 g/mol. The molecule has 0 bridgehead atoms. The van der Waals surface area contributed by atoms with Crippen molar-refractivity contribution in [2.45, 2.75) is 45.2 Å². The van der Waals surface area contributed by atoms with Crippen LogP contribution in [0.5, 0.6) is 0 Å². The first kappa shape index (κ1) is 26.2. The molecule has 6 nitrogen and oxygen atoms in total. The number of rotatable bonds is 8. The van der Waals surface area contributed by atoms with Crippen LogP contribution >= 0.6 is 24.0 Å². The third-order valence-corrected chi connectivity index (χ3v) is 6.52. The summed E-state index contributed by atoms with van der Waals surface area (Å²) in [6.07, 6.45) is 5.83. The van der Waals surface area contributed by atoms with Crippen LogP contribution in [0.1, 0.15) is 42.0 Å². The Balaban J connectivity index is 0.00000324. The van der Waals surface area contributed by atoms with E-state index in [0.29, 0.717) is 6.54 Å². The van der Waals surface area contributed by atoms with Crippen molar-refractivity contribution in [2.75, 3.05) is 26.3 Å². The van der Waals surface area contributed by atoms with Gasteiger partial charge < -0.3 is 15.4 Å². The van der Waals surface area contributed by atoms with Crippen LogP contribution in [0.2, 0.25) is 0 Å². The average molecular weight is 574 g/mol. The van der Waals surface area contributed by atoms with E-state index in [1.165, 1.54) is 22.3 Å². The lowest BCUT2D eigenvalue weighted by atomic mass is 9.72. The van der Waals surface area contributed by atoms with Gasteiger partial charge in [-0.15, -0.1) is 24.0 Å². The summed E-state index contributed by atoms with van der Waals surface area (Å²) in [5.41, 5.74) is 5.26. The highest BCUT2D eigenvalue weighted by atomic mass is 127. The summed E-state index contributed by atoms with van der Waals surface area (Å²) in [4.78, 5) is 4.94. The molecule has 1 fully saturated rings. The number of benzene rings is 2. The van der Waals surface area contributed by atoms with Gasteiger partial charge >= 0.3 is 0 Å². The Bertz CT molecular complexity index is 1040. The largest absolute Gasteiger partial charge is 0.381 e. The van der Waals surface area contributed by atoms with Gasteiger partial charge in [-0.3, -0.25) is 4.68 Å². The molecule has 0 spiro atoms. The van der Waals surface area contributed by atoms with E-state index >= 15 is 0 Å². The van der Waals surface area contributed by atoms with E-state index in [0.717, 1.165) is 51.6 Å². The van der Waals surface area contributed by atoms with Gasteiger partial charge in [-0.25, -0.2) is 4.99 Å². The number of aliphatic imine (C=N–C) groups is 1. The highest BCUT2D eigenvalue weighted by Gasteiger charge is 2.35. The number of hydrogen-bond donors (Lipinski definition) is 2. The molecule has 0 aliphatic carbocycles. The van der Waals surface area contributed by atoms with E-state index in [4.69, 9.17) is 9.73 Å². The normalized spacial score (nSPS) is 15.4. The highest BCUT2D eigenvalue weighted by molar-refractivity contribution is 14.0. The van der Waals surface area contributed by atoms with Gasteiger partial charge in [0.05, 0.1) is 13.1 Å². The fraction of sp³-hybridized carbons (Fsp3) is 0.407. The quantitative estimate of drug-likeness (QED) is 0.234. The van der Waals surface area contributed by atoms with Crippen LogP contribution in [-0.4, -0.2) is 42.0 Å². The molecule has 1 aliphatic rings. The number of halogens is 1. The molecule has 34 heavy (non-hydrogen) atoms. The number of guanidine groups is 1. The van der Waals surface area contributed by atoms with Crippen LogP contribution in [0.3, 0.4) is 0 Å². The van der Waals surface area contributed by atoms with Crippen LogP contribution < -0.4 is 10.6 Å². The maximum atomic E-state index is 5.72. The Morgan fingerprint density at radius 3 is 2.47 bits per heavy atom. The third kappa shape index (κ3) is 6.60. The second-order valence-electron chi connectivity index (χ2n) is 8.73. The van der Waals surface area contributed by atoms with Crippen molar-refractivity contribution in [3.63, 3.8) is 0 Å². The molecule has 2 N–H and O–H groups in total. The number of hydrogen-bond acceptors (Lipinski definition) is 3. The molecule has 1 saturated heterocycles. The van der Waals surface area contributed by atoms with Crippen molar-refractivity contribution in [1.29, 1.82) is 0 Å². The van der Waals surface area contributed by atoms with Gasteiger partial charge in [0.2, 0.25) is 0 Å². The number of ether oxygens (including phenoxy) is 1. The van der Waals surface area contributed by atoms with Gasteiger partial charge in [0.25, 0.3) is 0 Å². The van der Waals surface area contributed by atoms with Crippen LogP contribution in [0.25, 0.3) is 0 Å². The van der Waals surface area contributed by atoms with Gasteiger partial charge in [0.1, 0.15) is 0 Å². The van der Waals surface area contributed by atoms with E-state index < -0.39 is 0 Å². The van der Waals surface area contributed by atoms with Gasteiger partial charge in [-0.1, -0.05) is 48.5 Å². The minimum Gasteiger partial charge on any atom is -0.381 e. The molecule has 0 atom stereocenters. The number of aryl methyl sites for hydroxylation is 1. The first-order valence-corrected chi connectivity index (χ1v) is 11.9. The number of nitrogens with one attached hydrogen (secondary N) is 2. The molecule has 3 aromatic rings. The molecule has 2 heterocycles. The molecule has 4 rings (SSSR count). The molecule has 2 aromatic carbocycles. The summed E-state index contributed by atoms with van der Waals surface area (Å²) in [6, 6.07) is 19.2. The molecule has 182 valence electrons. The van der Waals surface area contributed by atoms with Crippen LogP contribution in [0, 0.1) is 6.92 Å². The smallest absolute Gasteiger partial charge is 0.191 e. The zero-order chi connectivity index (χ0) is 22.9. The molecule has 1 aromatic heterocycles. The summed E-state index contributed by atoms with van der Waals surface area (Å²) in [6.45, 7) is 8.93. The first-order valence-electron chi connectivity index (χ1n) is 11.9. The van der Waals surface area contributed by atoms with Crippen LogP contribution in [-0.2, 0) is 23.2 Å². The van der Waals surface area contributed by atoms with Crippen molar-refractivity contribution in [2.24, 2.45) is 4.99 Å². The lowest BCUT2D eigenvalue weighted by molar-refractivity contribution is 0.0512. The van der Waals surface area contributed by atoms with Crippen LogP contribution in [0.15, 0.2) is 72.0 Å². The summed E-state index contributed by atoms with van der Waals surface area (Å²) in [5, 5.41) is 11.4. The maximum absolute atomic E-state index is 5.72. The van der Waals surface area contributed by atoms with Crippen molar-refractivity contribution >= 4 is 29.9 Å². The number of nitrogens with zero attached hydrogens (tertiary/aromatic N) is 3. The standard InChI is InChI=1S/C27H35N5O.HI/c1-3-28-26(29-19-23-10-5-6-11-24(23)20-32-16-8-15-31-32)30-21-27(13-17-33-18-14-27)25-12-7-4-9-22(25)2;/h4-12,15-16H,3,13-14,17-21H2,1-2H3,(H2,28,29,30);1H. The second-order valence-corrected chi connectivity index (χ2v) is 8.73. The Morgan fingerprint density at radius 1 is 1.03 bits per heavy atom. The Morgan fingerprint density at radius 2 is 1.76 bits per heavy atom. The Labute approximate surface area is 220 Å². The van der Waals surface area contributed by atoms with E-state index in [1.807, 2.05) is 23.1 Å². The fourth-order valence-corrected chi connectivity index (χ4v) is 4.66. The average Bonchev–Trinajstić information content (AvgIpc) is 3.36. The minimum atomic E-state index is 0. The van der Waals surface area contributed by atoms with E-state index in [2.05, 4.69) is 78.1 Å². The molecule has 0 amide bonds. The molecule has 0 unspecified atom stereocenters. The fourth-order valence-electron chi connectivity index (χ4n) is 4.66. The van der Waals surface area contributed by atoms with E-state index in [-0.39, 0.29) is 29.4 Å². The lowest BCUT2D eigenvalue weighted by Crippen LogP contribution is -2.48. The maximum Gasteiger partial charge on any atom is 0.191 e. The minimum absolute atomic E-state index is 0. The molecule has 0 radical (unpaired) electrons. The van der Waals surface area contributed by atoms with Crippen molar-refractivity contribution in [1.82, 2.24) is 20.4 Å². The third-order valence-electron chi connectivity index (χ3n) is 6.52. The molecule has 7 heteroatoms. The van der Waals surface area contributed by atoms with Gasteiger partial charge in [0, 0.05) is 44.1 Å². The van der Waals surface area contributed by atoms with Crippen molar-refractivity contribution < 1.29 is 4.74 Å². The predicted molar refractivity (Wildman–Crippen MR) is 149 cm³/mol. The summed E-state index contributed by atoms with van der Waals surface area (Å²) in [5.74, 6) is 0.853. The zero-order valence-electron chi connectivity index (χ0n) is 20.2. The van der Waals surface area contributed by atoms with Gasteiger partial charge in [-0.2, -0.15) is 5.10 Å². The number of aromatic nitrogens is 2. The van der Waals surface area contributed by atoms with E-state index in [9.17, 15) is 0 Å².